The number of carbonyl (C=O) groups excluding carboxylic acids is 4. The average Bonchev–Trinajstić information content (AvgIpc) is 3.62. The molecule has 5 aliphatic rings. The smallest absolute Gasteiger partial charge is 0.260 e. The van der Waals surface area contributed by atoms with Crippen LogP contribution < -0.4 is 10.2 Å². The molecular weight excluding hydrogens is 717 g/mol. The summed E-state index contributed by atoms with van der Waals surface area (Å²) in [5.41, 5.74) is 7.21. The third-order valence-electron chi connectivity index (χ3n) is 13.2. The number of hydrogen-bond donors (Lipinski definition) is 2. The number of likely N-dealkylation sites (tertiary alicyclic amines) is 2. The van der Waals surface area contributed by atoms with Gasteiger partial charge in [0.2, 0.25) is 11.8 Å². The van der Waals surface area contributed by atoms with E-state index in [1.54, 1.807) is 4.90 Å². The first kappa shape index (κ1) is 37.0. The molecule has 0 radical (unpaired) electrons. The van der Waals surface area contributed by atoms with Crippen molar-refractivity contribution in [2.75, 3.05) is 31.7 Å². The van der Waals surface area contributed by atoms with Crippen molar-refractivity contribution in [3.63, 3.8) is 0 Å². The molecule has 10 nitrogen and oxygen atoms in total. The number of hydrazine groups is 1. The summed E-state index contributed by atoms with van der Waals surface area (Å²) in [4.78, 5) is 63.5. The first-order chi connectivity index (χ1) is 27.8. The highest BCUT2D eigenvalue weighted by Gasteiger charge is 2.70. The van der Waals surface area contributed by atoms with Crippen molar-refractivity contribution >= 4 is 29.3 Å². The molecule has 3 heterocycles. The molecule has 0 bridgehead atoms. The lowest BCUT2D eigenvalue weighted by Gasteiger charge is -2.50. The summed E-state index contributed by atoms with van der Waals surface area (Å²) in [5, 5.41) is 10.6. The van der Waals surface area contributed by atoms with Crippen molar-refractivity contribution in [2.45, 2.75) is 56.5 Å². The highest BCUT2D eigenvalue weighted by atomic mass is 16.5. The Morgan fingerprint density at radius 1 is 0.789 bits per heavy atom. The Hall–Kier alpha value is -5.58. The number of anilines is 1. The molecule has 4 amide bonds. The van der Waals surface area contributed by atoms with Crippen molar-refractivity contribution in [3.05, 3.63) is 143 Å². The Kier molecular flexibility index (Phi) is 9.78. The summed E-state index contributed by atoms with van der Waals surface area (Å²) in [7, 11) is 0. The van der Waals surface area contributed by atoms with Crippen LogP contribution in [0.5, 0.6) is 5.75 Å². The number of benzene rings is 4. The summed E-state index contributed by atoms with van der Waals surface area (Å²) in [5.74, 6) is -3.37. The molecule has 4 aromatic carbocycles. The first-order valence-electron chi connectivity index (χ1n) is 20.2. The summed E-state index contributed by atoms with van der Waals surface area (Å²) in [6.07, 6.45) is 4.19. The van der Waals surface area contributed by atoms with E-state index in [0.29, 0.717) is 30.7 Å². The minimum atomic E-state index is -1.34. The maximum absolute atomic E-state index is 15.4. The molecule has 292 valence electrons. The van der Waals surface area contributed by atoms with E-state index >= 15 is 4.79 Å². The standard InChI is InChI=1S/C47H48N4O6/c1-30-12-16-34(17-13-30)48-51-44(54)40-28-39-37(42(32-14-18-36(19-15-32)57-27-26-52)47(40,46(51)56)33-10-6-3-7-11-33)20-21-38-41(39)45(55)50(43(38)53)35-22-24-49(25-23-35)29-31-8-4-2-5-9-31/h2-20,35,38-42,48,52H,21-29H2,1H3. The molecule has 10 heteroatoms. The monoisotopic (exact) mass is 764 g/mol. The molecule has 4 aromatic rings. The fourth-order valence-electron chi connectivity index (χ4n) is 10.6. The number of amides is 4. The van der Waals surface area contributed by atoms with E-state index < -0.39 is 35.0 Å². The number of ether oxygens (including phenoxy) is 1. The quantitative estimate of drug-likeness (QED) is 0.149. The van der Waals surface area contributed by atoms with E-state index in [9.17, 15) is 19.5 Å². The molecule has 6 unspecified atom stereocenters. The number of nitrogens with one attached hydrogen (secondary N) is 1. The molecule has 57 heavy (non-hydrogen) atoms. The van der Waals surface area contributed by atoms with E-state index in [4.69, 9.17) is 4.74 Å². The predicted octanol–water partition coefficient (Wildman–Crippen LogP) is 6.02. The van der Waals surface area contributed by atoms with Crippen molar-refractivity contribution in [1.82, 2.24) is 14.8 Å². The number of hydrogen-bond acceptors (Lipinski definition) is 8. The molecule has 3 saturated heterocycles. The summed E-state index contributed by atoms with van der Waals surface area (Å²) in [6.45, 7) is 4.41. The number of imide groups is 2. The van der Waals surface area contributed by atoms with Gasteiger partial charge in [0.25, 0.3) is 11.8 Å². The van der Waals surface area contributed by atoms with Gasteiger partial charge in [-0.25, -0.2) is 0 Å². The summed E-state index contributed by atoms with van der Waals surface area (Å²) in [6, 6.07) is 34.8. The van der Waals surface area contributed by atoms with Crippen LogP contribution in [0.2, 0.25) is 0 Å². The third kappa shape index (κ3) is 6.26. The van der Waals surface area contributed by atoms with Crippen molar-refractivity contribution in [2.24, 2.45) is 23.7 Å². The number of nitrogens with zero attached hydrogens (tertiary/aromatic N) is 3. The lowest BCUT2D eigenvalue weighted by Crippen LogP contribution is -2.53. The molecule has 9 rings (SSSR count). The van der Waals surface area contributed by atoms with Crippen LogP contribution in [0.15, 0.2) is 121 Å². The fraction of sp³-hybridized carbons (Fsp3) is 0.362. The van der Waals surface area contributed by atoms with Crippen LogP contribution in [0.3, 0.4) is 0 Å². The molecular formula is C47H48N4O6. The maximum atomic E-state index is 15.4. The molecule has 2 aliphatic carbocycles. The summed E-state index contributed by atoms with van der Waals surface area (Å²) >= 11 is 0. The number of aliphatic hydroxyl groups is 1. The van der Waals surface area contributed by atoms with Gasteiger partial charge < -0.3 is 9.84 Å². The second kappa shape index (κ2) is 15.1. The Bertz CT molecular complexity index is 2180. The minimum Gasteiger partial charge on any atom is -0.491 e. The van der Waals surface area contributed by atoms with Gasteiger partial charge in [0.15, 0.2) is 0 Å². The topological polar surface area (TPSA) is 119 Å². The highest BCUT2D eigenvalue weighted by Crippen LogP contribution is 2.64. The number of piperidine rings is 1. The molecule has 0 spiro atoms. The van der Waals surface area contributed by atoms with Gasteiger partial charge >= 0.3 is 0 Å². The Balaban J connectivity index is 1.09. The van der Waals surface area contributed by atoms with E-state index in [0.717, 1.165) is 41.9 Å². The molecule has 1 saturated carbocycles. The zero-order valence-electron chi connectivity index (χ0n) is 32.1. The zero-order chi connectivity index (χ0) is 39.3. The van der Waals surface area contributed by atoms with Gasteiger partial charge in [0.1, 0.15) is 12.4 Å². The molecule has 6 atom stereocenters. The van der Waals surface area contributed by atoms with Crippen LogP contribution in [-0.4, -0.2) is 75.9 Å². The van der Waals surface area contributed by atoms with E-state index in [-0.39, 0.29) is 49.3 Å². The number of fused-ring (bicyclic) bond motifs is 4. The largest absolute Gasteiger partial charge is 0.491 e. The maximum Gasteiger partial charge on any atom is 0.260 e. The van der Waals surface area contributed by atoms with Crippen molar-refractivity contribution in [1.29, 1.82) is 0 Å². The number of aryl methyl sites for hydroxylation is 1. The third-order valence-corrected chi connectivity index (χ3v) is 13.2. The Morgan fingerprint density at radius 2 is 1.47 bits per heavy atom. The Labute approximate surface area is 333 Å². The number of aliphatic hydroxyl groups excluding tert-OH is 1. The molecule has 0 aromatic heterocycles. The minimum absolute atomic E-state index is 0.111. The Morgan fingerprint density at radius 3 is 2.16 bits per heavy atom. The second-order valence-electron chi connectivity index (χ2n) is 16.3. The number of rotatable bonds is 10. The highest BCUT2D eigenvalue weighted by molar-refractivity contribution is 6.13. The van der Waals surface area contributed by atoms with Gasteiger partial charge in [0, 0.05) is 31.6 Å². The van der Waals surface area contributed by atoms with Crippen molar-refractivity contribution < 1.29 is 29.0 Å². The average molecular weight is 765 g/mol. The van der Waals surface area contributed by atoms with Gasteiger partial charge in [-0.05, 0) is 79.5 Å². The number of carbonyl (C=O) groups is 4. The van der Waals surface area contributed by atoms with Crippen LogP contribution >= 0.6 is 0 Å². The van der Waals surface area contributed by atoms with Crippen LogP contribution in [0.1, 0.15) is 53.9 Å². The van der Waals surface area contributed by atoms with Crippen molar-refractivity contribution in [3.8, 4) is 5.75 Å². The van der Waals surface area contributed by atoms with Gasteiger partial charge in [-0.3, -0.25) is 34.4 Å². The van der Waals surface area contributed by atoms with Gasteiger partial charge in [-0.2, -0.15) is 5.01 Å². The first-order valence-corrected chi connectivity index (χ1v) is 20.2. The van der Waals surface area contributed by atoms with Gasteiger partial charge in [-0.1, -0.05) is 102 Å². The van der Waals surface area contributed by atoms with E-state index in [1.807, 2.05) is 104 Å². The van der Waals surface area contributed by atoms with E-state index in [1.165, 1.54) is 10.6 Å². The SMILES string of the molecule is Cc1ccc(NN2C(=O)C3CC4C(=CCC5C(=O)N(C6CCN(Cc7ccccc7)CC6)C(=O)C54)C(c4ccc(OCCO)cc4)C3(c3ccccc3)C2=O)cc1. The van der Waals surface area contributed by atoms with Crippen LogP contribution in [0.4, 0.5) is 5.69 Å². The zero-order valence-corrected chi connectivity index (χ0v) is 32.1. The summed E-state index contributed by atoms with van der Waals surface area (Å²) < 4.78 is 5.72. The normalized spacial score (nSPS) is 27.5. The second-order valence-corrected chi connectivity index (χ2v) is 16.3. The lowest BCUT2D eigenvalue weighted by molar-refractivity contribution is -0.144. The molecule has 2 N–H and O–H groups in total. The van der Waals surface area contributed by atoms with Crippen LogP contribution in [-0.2, 0) is 31.1 Å². The number of allylic oxidation sites excluding steroid dienone is 2. The lowest BCUT2D eigenvalue weighted by atomic mass is 9.49. The molecule has 3 aliphatic heterocycles. The van der Waals surface area contributed by atoms with Gasteiger partial charge in [-0.15, -0.1) is 0 Å². The molecule has 4 fully saturated rings. The fourth-order valence-corrected chi connectivity index (χ4v) is 10.6. The van der Waals surface area contributed by atoms with Crippen LogP contribution in [0.25, 0.3) is 0 Å². The predicted molar refractivity (Wildman–Crippen MR) is 214 cm³/mol. The van der Waals surface area contributed by atoms with Gasteiger partial charge in [0.05, 0.1) is 35.5 Å². The van der Waals surface area contributed by atoms with E-state index in [2.05, 4.69) is 28.5 Å². The van der Waals surface area contributed by atoms with Crippen LogP contribution in [0, 0.1) is 30.6 Å².